The van der Waals surface area contributed by atoms with E-state index < -0.39 is 0 Å². The number of para-hydroxylation sites is 1. The van der Waals surface area contributed by atoms with Crippen molar-refractivity contribution in [2.75, 3.05) is 25.3 Å². The van der Waals surface area contributed by atoms with E-state index in [9.17, 15) is 4.79 Å². The van der Waals surface area contributed by atoms with E-state index in [2.05, 4.69) is 10.6 Å². The lowest BCUT2D eigenvalue weighted by Gasteiger charge is -2.11. The molecule has 1 aromatic rings. The first-order chi connectivity index (χ1) is 8.81. The number of carbonyl (C=O) groups excluding carboxylic acids is 1. The molecule has 0 saturated carbocycles. The van der Waals surface area contributed by atoms with Crippen LogP contribution in [0, 0.1) is 0 Å². The van der Waals surface area contributed by atoms with Gasteiger partial charge >= 0.3 is 0 Å². The second-order valence-electron chi connectivity index (χ2n) is 4.12. The average Bonchev–Trinajstić information content (AvgIpc) is 2.93. The van der Waals surface area contributed by atoms with Gasteiger partial charge in [0.2, 0.25) is 5.91 Å². The topological polar surface area (TPSA) is 50.4 Å². The first-order valence-electron chi connectivity index (χ1n) is 6.02. The van der Waals surface area contributed by atoms with Gasteiger partial charge in [0.1, 0.15) is 5.75 Å². The fourth-order valence-corrected chi connectivity index (χ4v) is 2.86. The van der Waals surface area contributed by atoms with Crippen molar-refractivity contribution in [2.24, 2.45) is 0 Å². The third-order valence-corrected chi connectivity index (χ3v) is 3.86. The molecular weight excluding hydrogens is 248 g/mol. The highest BCUT2D eigenvalue weighted by molar-refractivity contribution is 7.99. The Balaban J connectivity index is 1.79. The van der Waals surface area contributed by atoms with E-state index in [0.29, 0.717) is 6.54 Å². The van der Waals surface area contributed by atoms with Gasteiger partial charge in [-0.05, 0) is 18.1 Å². The molecule has 1 aromatic carbocycles. The van der Waals surface area contributed by atoms with Crippen molar-refractivity contribution in [1.82, 2.24) is 10.6 Å². The Bertz CT molecular complexity index is 406. The second-order valence-corrected chi connectivity index (χ2v) is 5.15. The molecule has 18 heavy (non-hydrogen) atoms. The third kappa shape index (κ3) is 3.40. The summed E-state index contributed by atoms with van der Waals surface area (Å²) in [6.45, 7) is 0.641. The lowest BCUT2D eigenvalue weighted by atomic mass is 10.1. The van der Waals surface area contributed by atoms with Crippen molar-refractivity contribution in [1.29, 1.82) is 0 Å². The highest BCUT2D eigenvalue weighted by Crippen LogP contribution is 2.17. The first-order valence-corrected chi connectivity index (χ1v) is 7.17. The molecule has 1 fully saturated rings. The summed E-state index contributed by atoms with van der Waals surface area (Å²) in [6, 6.07) is 7.85. The zero-order chi connectivity index (χ0) is 12.8. The van der Waals surface area contributed by atoms with E-state index in [1.165, 1.54) is 0 Å². The zero-order valence-corrected chi connectivity index (χ0v) is 11.3. The van der Waals surface area contributed by atoms with Crippen molar-refractivity contribution in [3.8, 4) is 5.75 Å². The van der Waals surface area contributed by atoms with Crippen LogP contribution in [0.1, 0.15) is 5.56 Å². The first kappa shape index (κ1) is 13.2. The number of benzene rings is 1. The third-order valence-electron chi connectivity index (χ3n) is 2.92. The van der Waals surface area contributed by atoms with Gasteiger partial charge in [-0.25, -0.2) is 0 Å². The van der Waals surface area contributed by atoms with E-state index in [1.54, 1.807) is 18.9 Å². The van der Waals surface area contributed by atoms with Crippen LogP contribution in [0.5, 0.6) is 5.75 Å². The van der Waals surface area contributed by atoms with Gasteiger partial charge in [-0.3, -0.25) is 10.1 Å². The molecule has 0 bridgehead atoms. The molecule has 0 spiro atoms. The molecule has 1 aliphatic heterocycles. The predicted molar refractivity (Wildman–Crippen MR) is 74.0 cm³/mol. The van der Waals surface area contributed by atoms with Crippen LogP contribution in [0.4, 0.5) is 0 Å². The lowest BCUT2D eigenvalue weighted by Crippen LogP contribution is -2.42. The van der Waals surface area contributed by atoms with Gasteiger partial charge in [0.25, 0.3) is 0 Å². The maximum absolute atomic E-state index is 11.8. The number of amides is 1. The molecule has 0 aromatic heterocycles. The summed E-state index contributed by atoms with van der Waals surface area (Å²) in [4.78, 5) is 11.8. The summed E-state index contributed by atoms with van der Waals surface area (Å²) >= 11 is 1.75. The number of hydrogen-bond acceptors (Lipinski definition) is 4. The van der Waals surface area contributed by atoms with Gasteiger partial charge in [0, 0.05) is 18.2 Å². The maximum atomic E-state index is 11.8. The molecule has 0 aliphatic carbocycles. The molecule has 2 N–H and O–H groups in total. The second kappa shape index (κ2) is 6.66. The molecule has 5 heteroatoms. The molecule has 1 saturated heterocycles. The molecule has 1 heterocycles. The highest BCUT2D eigenvalue weighted by atomic mass is 32.2. The fraction of sp³-hybridized carbons (Fsp3) is 0.462. The number of thioether (sulfide) groups is 1. The van der Waals surface area contributed by atoms with Crippen molar-refractivity contribution in [3.63, 3.8) is 0 Å². The predicted octanol–water partition coefficient (Wildman–Crippen LogP) is 1.02. The standard InChI is InChI=1S/C13H18N2O2S/c1-17-12-5-3-2-4-10(12)6-7-14-13(16)11-8-18-9-15-11/h2-5,11,15H,6-9H2,1H3,(H,14,16). The van der Waals surface area contributed by atoms with Crippen molar-refractivity contribution in [2.45, 2.75) is 12.5 Å². The smallest absolute Gasteiger partial charge is 0.238 e. The fourth-order valence-electron chi connectivity index (χ4n) is 1.92. The van der Waals surface area contributed by atoms with Gasteiger partial charge in [-0.2, -0.15) is 0 Å². The maximum Gasteiger partial charge on any atom is 0.238 e. The summed E-state index contributed by atoms with van der Waals surface area (Å²) < 4.78 is 5.27. The van der Waals surface area contributed by atoms with E-state index in [0.717, 1.165) is 29.4 Å². The molecule has 4 nitrogen and oxygen atoms in total. The molecule has 1 aliphatic rings. The quantitative estimate of drug-likeness (QED) is 0.835. The van der Waals surface area contributed by atoms with Crippen LogP contribution in [0.2, 0.25) is 0 Å². The molecule has 1 amide bonds. The number of nitrogens with one attached hydrogen (secondary N) is 2. The van der Waals surface area contributed by atoms with Crippen LogP contribution in [0.25, 0.3) is 0 Å². The number of rotatable bonds is 5. The van der Waals surface area contributed by atoms with Gasteiger partial charge in [-0.1, -0.05) is 18.2 Å². The Morgan fingerprint density at radius 3 is 3.11 bits per heavy atom. The molecular formula is C13H18N2O2S. The molecule has 1 unspecified atom stereocenters. The number of methoxy groups -OCH3 is 1. The SMILES string of the molecule is COc1ccccc1CCNC(=O)C1CSCN1. The van der Waals surface area contributed by atoms with Gasteiger partial charge in [0.15, 0.2) is 0 Å². The summed E-state index contributed by atoms with van der Waals surface area (Å²) in [7, 11) is 1.66. The summed E-state index contributed by atoms with van der Waals surface area (Å²) in [5.74, 6) is 2.70. The molecule has 2 rings (SSSR count). The minimum atomic E-state index is -0.0346. The molecule has 0 radical (unpaired) electrons. The summed E-state index contributed by atoms with van der Waals surface area (Å²) in [5.41, 5.74) is 1.12. The molecule has 98 valence electrons. The Morgan fingerprint density at radius 2 is 2.39 bits per heavy atom. The number of ether oxygens (including phenoxy) is 1. The Kier molecular flexibility index (Phi) is 4.90. The Labute approximate surface area is 111 Å². The molecule has 1 atom stereocenters. The number of hydrogen-bond donors (Lipinski definition) is 2. The van der Waals surface area contributed by atoms with Crippen molar-refractivity contribution < 1.29 is 9.53 Å². The average molecular weight is 266 g/mol. The van der Waals surface area contributed by atoms with Crippen LogP contribution in [-0.2, 0) is 11.2 Å². The van der Waals surface area contributed by atoms with E-state index >= 15 is 0 Å². The van der Waals surface area contributed by atoms with Crippen molar-refractivity contribution >= 4 is 17.7 Å². The van der Waals surface area contributed by atoms with Crippen LogP contribution in [-0.4, -0.2) is 37.2 Å². The monoisotopic (exact) mass is 266 g/mol. The summed E-state index contributed by atoms with van der Waals surface area (Å²) in [5, 5.41) is 6.11. The zero-order valence-electron chi connectivity index (χ0n) is 10.4. The Morgan fingerprint density at radius 1 is 1.56 bits per heavy atom. The lowest BCUT2D eigenvalue weighted by molar-refractivity contribution is -0.122. The summed E-state index contributed by atoms with van der Waals surface area (Å²) in [6.07, 6.45) is 0.787. The van der Waals surface area contributed by atoms with Crippen LogP contribution in [0.15, 0.2) is 24.3 Å². The minimum Gasteiger partial charge on any atom is -0.496 e. The van der Waals surface area contributed by atoms with Gasteiger partial charge in [0.05, 0.1) is 13.2 Å². The van der Waals surface area contributed by atoms with Crippen LogP contribution >= 0.6 is 11.8 Å². The van der Waals surface area contributed by atoms with Gasteiger partial charge in [-0.15, -0.1) is 11.8 Å². The number of carbonyl (C=O) groups is 1. The van der Waals surface area contributed by atoms with E-state index in [4.69, 9.17) is 4.74 Å². The van der Waals surface area contributed by atoms with E-state index in [1.807, 2.05) is 24.3 Å². The van der Waals surface area contributed by atoms with E-state index in [-0.39, 0.29) is 11.9 Å². The normalized spacial score (nSPS) is 18.6. The van der Waals surface area contributed by atoms with Crippen LogP contribution in [0.3, 0.4) is 0 Å². The Hall–Kier alpha value is -1.20. The van der Waals surface area contributed by atoms with Crippen molar-refractivity contribution in [3.05, 3.63) is 29.8 Å². The minimum absolute atomic E-state index is 0.0346. The van der Waals surface area contributed by atoms with Crippen LogP contribution < -0.4 is 15.4 Å². The highest BCUT2D eigenvalue weighted by Gasteiger charge is 2.21. The van der Waals surface area contributed by atoms with Gasteiger partial charge < -0.3 is 10.1 Å². The largest absolute Gasteiger partial charge is 0.496 e.